The second-order valence-electron chi connectivity index (χ2n) is 5.73. The highest BCUT2D eigenvalue weighted by Crippen LogP contribution is 2.28. The smallest absolute Gasteiger partial charge is 0.0794 e. The number of nitrogens with zero attached hydrogens (tertiary/aromatic N) is 1. The summed E-state index contributed by atoms with van der Waals surface area (Å²) in [5, 5.41) is 3.61. The van der Waals surface area contributed by atoms with E-state index in [1.807, 2.05) is 11.7 Å². The van der Waals surface area contributed by atoms with Crippen molar-refractivity contribution < 1.29 is 0 Å². The van der Waals surface area contributed by atoms with Gasteiger partial charge in [-0.25, -0.2) is 0 Å². The summed E-state index contributed by atoms with van der Waals surface area (Å²) in [5.74, 6) is 0.726. The Balaban J connectivity index is 2.49. The standard InChI is InChI=1S/C14H26N2S/c1-5-6-14(4,10-15-8-12(2)3)7-13-9-16-11-17-13/h9,11-12,15H,5-8,10H2,1-4H3. The van der Waals surface area contributed by atoms with Crippen molar-refractivity contribution in [3.05, 3.63) is 16.6 Å². The van der Waals surface area contributed by atoms with Gasteiger partial charge in [-0.2, -0.15) is 0 Å². The second-order valence-corrected chi connectivity index (χ2v) is 6.70. The van der Waals surface area contributed by atoms with Crippen LogP contribution in [0.25, 0.3) is 0 Å². The third kappa shape index (κ3) is 5.64. The highest BCUT2D eigenvalue weighted by atomic mass is 32.1. The van der Waals surface area contributed by atoms with Crippen LogP contribution in [0.1, 0.15) is 45.4 Å². The first-order chi connectivity index (χ1) is 8.06. The van der Waals surface area contributed by atoms with Crippen molar-refractivity contribution in [2.45, 2.75) is 47.0 Å². The molecule has 0 amide bonds. The zero-order valence-corrected chi connectivity index (χ0v) is 12.4. The van der Waals surface area contributed by atoms with Crippen LogP contribution in [0.3, 0.4) is 0 Å². The molecule has 0 spiro atoms. The van der Waals surface area contributed by atoms with Crippen LogP contribution in [0.4, 0.5) is 0 Å². The van der Waals surface area contributed by atoms with Crippen molar-refractivity contribution in [1.82, 2.24) is 10.3 Å². The van der Waals surface area contributed by atoms with Crippen LogP contribution in [-0.2, 0) is 6.42 Å². The molecule has 0 bridgehead atoms. The Labute approximate surface area is 110 Å². The Morgan fingerprint density at radius 3 is 2.76 bits per heavy atom. The van der Waals surface area contributed by atoms with Gasteiger partial charge in [0.15, 0.2) is 0 Å². The zero-order valence-electron chi connectivity index (χ0n) is 11.6. The lowest BCUT2D eigenvalue weighted by Crippen LogP contribution is -2.35. The van der Waals surface area contributed by atoms with Gasteiger partial charge in [0.1, 0.15) is 0 Å². The molecule has 0 aliphatic carbocycles. The molecule has 0 aliphatic rings. The largest absolute Gasteiger partial charge is 0.316 e. The predicted octanol–water partition coefficient (Wildman–Crippen LogP) is 3.74. The molecule has 0 aliphatic heterocycles. The molecule has 0 saturated carbocycles. The summed E-state index contributed by atoms with van der Waals surface area (Å²) >= 11 is 1.78. The van der Waals surface area contributed by atoms with E-state index < -0.39 is 0 Å². The lowest BCUT2D eigenvalue weighted by Gasteiger charge is -2.29. The fourth-order valence-corrected chi connectivity index (χ4v) is 3.07. The quantitative estimate of drug-likeness (QED) is 0.764. The Morgan fingerprint density at radius 1 is 1.47 bits per heavy atom. The fourth-order valence-electron chi connectivity index (χ4n) is 2.26. The Hall–Kier alpha value is -0.410. The third-order valence-corrected chi connectivity index (χ3v) is 3.82. The minimum atomic E-state index is 0.371. The van der Waals surface area contributed by atoms with Gasteiger partial charge >= 0.3 is 0 Å². The lowest BCUT2D eigenvalue weighted by atomic mass is 9.81. The molecule has 98 valence electrons. The maximum absolute atomic E-state index is 4.17. The van der Waals surface area contributed by atoms with Gasteiger partial charge in [-0.3, -0.25) is 4.98 Å². The molecule has 0 aromatic carbocycles. The summed E-state index contributed by atoms with van der Waals surface area (Å²) in [5.41, 5.74) is 2.30. The van der Waals surface area contributed by atoms with E-state index in [-0.39, 0.29) is 0 Å². The summed E-state index contributed by atoms with van der Waals surface area (Å²) < 4.78 is 0. The molecule has 1 heterocycles. The van der Waals surface area contributed by atoms with Crippen molar-refractivity contribution in [3.8, 4) is 0 Å². The van der Waals surface area contributed by atoms with Gasteiger partial charge in [0.05, 0.1) is 5.51 Å². The van der Waals surface area contributed by atoms with Crippen LogP contribution in [0, 0.1) is 11.3 Å². The number of hydrogen-bond donors (Lipinski definition) is 1. The molecule has 1 atom stereocenters. The zero-order chi connectivity index (χ0) is 12.7. The first-order valence-electron chi connectivity index (χ1n) is 6.64. The van der Waals surface area contributed by atoms with Gasteiger partial charge in [0.2, 0.25) is 0 Å². The average Bonchev–Trinajstić information content (AvgIpc) is 2.69. The maximum atomic E-state index is 4.17. The minimum absolute atomic E-state index is 0.371. The van der Waals surface area contributed by atoms with Gasteiger partial charge in [0, 0.05) is 17.6 Å². The molecule has 0 saturated heterocycles. The van der Waals surface area contributed by atoms with Gasteiger partial charge < -0.3 is 5.32 Å². The van der Waals surface area contributed by atoms with Crippen LogP contribution in [0.2, 0.25) is 0 Å². The fraction of sp³-hybridized carbons (Fsp3) is 0.786. The summed E-state index contributed by atoms with van der Waals surface area (Å²) in [6, 6.07) is 0. The van der Waals surface area contributed by atoms with E-state index in [2.05, 4.69) is 38.0 Å². The van der Waals surface area contributed by atoms with Crippen molar-refractivity contribution in [3.63, 3.8) is 0 Å². The normalized spacial score (nSPS) is 15.1. The highest BCUT2D eigenvalue weighted by molar-refractivity contribution is 7.09. The molecule has 0 fully saturated rings. The van der Waals surface area contributed by atoms with Crippen molar-refractivity contribution in [2.24, 2.45) is 11.3 Å². The van der Waals surface area contributed by atoms with Crippen molar-refractivity contribution in [1.29, 1.82) is 0 Å². The molecule has 0 radical (unpaired) electrons. The number of nitrogens with one attached hydrogen (secondary N) is 1. The van der Waals surface area contributed by atoms with Crippen LogP contribution in [-0.4, -0.2) is 18.1 Å². The minimum Gasteiger partial charge on any atom is -0.316 e. The molecule has 3 heteroatoms. The van der Waals surface area contributed by atoms with Gasteiger partial charge in [-0.1, -0.05) is 34.1 Å². The van der Waals surface area contributed by atoms with E-state index in [1.54, 1.807) is 11.3 Å². The summed E-state index contributed by atoms with van der Waals surface area (Å²) in [6.07, 6.45) is 5.69. The molecule has 1 N–H and O–H groups in total. The lowest BCUT2D eigenvalue weighted by molar-refractivity contribution is 0.272. The SMILES string of the molecule is CCCC(C)(CNCC(C)C)Cc1cncs1. The topological polar surface area (TPSA) is 24.9 Å². The third-order valence-electron chi connectivity index (χ3n) is 3.04. The molecular weight excluding hydrogens is 228 g/mol. The van der Waals surface area contributed by atoms with Crippen molar-refractivity contribution >= 4 is 11.3 Å². The highest BCUT2D eigenvalue weighted by Gasteiger charge is 2.24. The van der Waals surface area contributed by atoms with E-state index in [0.717, 1.165) is 25.4 Å². The average molecular weight is 254 g/mol. The Kier molecular flexibility index (Phi) is 6.14. The number of thiazole rings is 1. The first-order valence-corrected chi connectivity index (χ1v) is 7.52. The maximum Gasteiger partial charge on any atom is 0.0794 e. The van der Waals surface area contributed by atoms with E-state index in [9.17, 15) is 0 Å². The molecule has 2 nitrogen and oxygen atoms in total. The van der Waals surface area contributed by atoms with Gasteiger partial charge in [-0.05, 0) is 30.7 Å². The van der Waals surface area contributed by atoms with Crippen LogP contribution in [0.15, 0.2) is 11.7 Å². The summed E-state index contributed by atoms with van der Waals surface area (Å²) in [7, 11) is 0. The van der Waals surface area contributed by atoms with Gasteiger partial charge in [0.25, 0.3) is 0 Å². The molecule has 1 aromatic rings. The molecule has 17 heavy (non-hydrogen) atoms. The van der Waals surface area contributed by atoms with Crippen LogP contribution >= 0.6 is 11.3 Å². The second kappa shape index (κ2) is 7.12. The van der Waals surface area contributed by atoms with Gasteiger partial charge in [-0.15, -0.1) is 11.3 Å². The van der Waals surface area contributed by atoms with E-state index in [1.165, 1.54) is 17.7 Å². The number of aromatic nitrogens is 1. The molecule has 1 unspecified atom stereocenters. The monoisotopic (exact) mass is 254 g/mol. The molecule has 1 aromatic heterocycles. The summed E-state index contributed by atoms with van der Waals surface area (Å²) in [4.78, 5) is 5.58. The Morgan fingerprint density at radius 2 is 2.24 bits per heavy atom. The number of rotatable bonds is 8. The Bertz CT molecular complexity index is 295. The van der Waals surface area contributed by atoms with Crippen molar-refractivity contribution in [2.75, 3.05) is 13.1 Å². The van der Waals surface area contributed by atoms with Crippen LogP contribution in [0.5, 0.6) is 0 Å². The van der Waals surface area contributed by atoms with E-state index in [0.29, 0.717) is 5.41 Å². The molecule has 1 rings (SSSR count). The number of hydrogen-bond acceptors (Lipinski definition) is 3. The first kappa shape index (κ1) is 14.7. The van der Waals surface area contributed by atoms with E-state index >= 15 is 0 Å². The van der Waals surface area contributed by atoms with Crippen LogP contribution < -0.4 is 5.32 Å². The van der Waals surface area contributed by atoms with E-state index in [4.69, 9.17) is 0 Å². The summed E-state index contributed by atoms with van der Waals surface area (Å²) in [6.45, 7) is 11.4. The molecular formula is C14H26N2S. The predicted molar refractivity (Wildman–Crippen MR) is 76.5 cm³/mol.